The number of nitrogens with one attached hydrogen (secondary N) is 1. The third kappa shape index (κ3) is 7.65. The Morgan fingerprint density at radius 1 is 1.02 bits per heavy atom. The van der Waals surface area contributed by atoms with Gasteiger partial charge in [-0.1, -0.05) is 29.5 Å². The van der Waals surface area contributed by atoms with Crippen molar-refractivity contribution in [1.29, 1.82) is 0 Å². The Balaban J connectivity index is 1.19. The minimum absolute atomic E-state index is 0.0103. The number of hydrogen-bond donors (Lipinski definition) is 2. The molecule has 2 aromatic carbocycles. The highest BCUT2D eigenvalue weighted by atomic mass is 32.1. The minimum Gasteiger partial charge on any atom is -0.491 e. The lowest BCUT2D eigenvalue weighted by Gasteiger charge is -2.15. The predicted octanol–water partition coefficient (Wildman–Crippen LogP) is 6.71. The van der Waals surface area contributed by atoms with Gasteiger partial charge in [0.2, 0.25) is 0 Å². The molecule has 2 N–H and O–H groups in total. The second-order valence-electron chi connectivity index (χ2n) is 10.6. The first-order valence-electron chi connectivity index (χ1n) is 14.2. The number of nitrogens with zero attached hydrogens (tertiary/aromatic N) is 6. The molecule has 3 aromatic heterocycles. The van der Waals surface area contributed by atoms with Crippen LogP contribution in [-0.2, 0) is 12.8 Å². The fourth-order valence-electron chi connectivity index (χ4n) is 4.53. The van der Waals surface area contributed by atoms with Crippen LogP contribution in [0.2, 0.25) is 0 Å². The Bertz CT molecular complexity index is 1720. The smallest absolute Gasteiger partial charge is 0.355 e. The zero-order valence-corrected chi connectivity index (χ0v) is 26.6. The van der Waals surface area contributed by atoms with Gasteiger partial charge in [0.15, 0.2) is 39.2 Å². The zero-order valence-electron chi connectivity index (χ0n) is 25.0. The molecule has 44 heavy (non-hydrogen) atoms. The van der Waals surface area contributed by atoms with Crippen molar-refractivity contribution in [3.8, 4) is 5.75 Å². The van der Waals surface area contributed by atoms with E-state index in [1.54, 1.807) is 18.0 Å². The van der Waals surface area contributed by atoms with E-state index in [-0.39, 0.29) is 18.1 Å². The standard InChI is InChI=1S/C31H34FN7O3S2/c1-19-17-26(36-37-28(19)35-30-33-22-10-5-6-11-24(22)43-30)39(4)31-34-27(29(40)41)25(44-31)12-8-16-42-23-14-13-20(18-21(23)32)9-7-15-38(2)3/h5-6,10-11,13-14,17-18H,7-9,12,15-16H2,1-4H3,(H,40,41)(H,33,35,37). The van der Waals surface area contributed by atoms with Crippen LogP contribution in [0.15, 0.2) is 48.5 Å². The molecule has 3 heterocycles. The molecule has 230 valence electrons. The van der Waals surface area contributed by atoms with Crippen LogP contribution in [0, 0.1) is 12.7 Å². The normalized spacial score (nSPS) is 11.3. The summed E-state index contributed by atoms with van der Waals surface area (Å²) in [6.07, 6.45) is 2.67. The lowest BCUT2D eigenvalue weighted by Crippen LogP contribution is -2.13. The van der Waals surface area contributed by atoms with E-state index in [1.165, 1.54) is 28.7 Å². The lowest BCUT2D eigenvalue weighted by molar-refractivity contribution is 0.0690. The van der Waals surface area contributed by atoms with Crippen LogP contribution >= 0.6 is 22.7 Å². The zero-order chi connectivity index (χ0) is 31.2. The average molecular weight is 636 g/mol. The summed E-state index contributed by atoms with van der Waals surface area (Å²) >= 11 is 2.81. The molecule has 13 heteroatoms. The molecule has 0 saturated carbocycles. The number of rotatable bonds is 14. The molecule has 0 saturated heterocycles. The van der Waals surface area contributed by atoms with Gasteiger partial charge < -0.3 is 25.0 Å². The topological polar surface area (TPSA) is 117 Å². The van der Waals surface area contributed by atoms with Gasteiger partial charge in [0.25, 0.3) is 0 Å². The number of thiazole rings is 2. The van der Waals surface area contributed by atoms with Crippen LogP contribution in [0.4, 0.5) is 26.3 Å². The Labute approximate surface area is 263 Å². The number of aryl methyl sites for hydroxylation is 3. The van der Waals surface area contributed by atoms with E-state index in [0.29, 0.717) is 34.5 Å². The Kier molecular flexibility index (Phi) is 9.98. The van der Waals surface area contributed by atoms with Crippen molar-refractivity contribution in [3.63, 3.8) is 0 Å². The van der Waals surface area contributed by atoms with Gasteiger partial charge in [-0.05, 0) is 94.7 Å². The number of aromatic nitrogens is 4. The van der Waals surface area contributed by atoms with Crippen molar-refractivity contribution in [2.45, 2.75) is 32.6 Å². The summed E-state index contributed by atoms with van der Waals surface area (Å²) in [5, 5.41) is 22.9. The molecule has 0 aliphatic heterocycles. The number of ether oxygens (including phenoxy) is 1. The lowest BCUT2D eigenvalue weighted by atomic mass is 10.1. The number of fused-ring (bicyclic) bond motifs is 1. The van der Waals surface area contributed by atoms with Gasteiger partial charge >= 0.3 is 5.97 Å². The van der Waals surface area contributed by atoms with Gasteiger partial charge in [0, 0.05) is 11.9 Å². The average Bonchev–Trinajstić information content (AvgIpc) is 3.61. The number of anilines is 4. The predicted molar refractivity (Wildman–Crippen MR) is 174 cm³/mol. The highest BCUT2D eigenvalue weighted by Crippen LogP contribution is 2.33. The fraction of sp³-hybridized carbons (Fsp3) is 0.323. The maximum Gasteiger partial charge on any atom is 0.355 e. The molecule has 0 atom stereocenters. The first-order valence-corrected chi connectivity index (χ1v) is 15.8. The van der Waals surface area contributed by atoms with Crippen molar-refractivity contribution >= 4 is 60.8 Å². The van der Waals surface area contributed by atoms with Crippen molar-refractivity contribution in [3.05, 3.63) is 76.0 Å². The third-order valence-corrected chi connectivity index (χ3v) is 9.03. The van der Waals surface area contributed by atoms with E-state index in [0.717, 1.165) is 45.9 Å². The quantitative estimate of drug-likeness (QED) is 0.128. The van der Waals surface area contributed by atoms with Crippen LogP contribution in [0.25, 0.3) is 10.2 Å². The monoisotopic (exact) mass is 635 g/mol. The number of hydrogen-bond acceptors (Lipinski definition) is 11. The number of benzene rings is 2. The maximum absolute atomic E-state index is 14.6. The van der Waals surface area contributed by atoms with E-state index >= 15 is 0 Å². The Morgan fingerprint density at radius 3 is 2.57 bits per heavy atom. The highest BCUT2D eigenvalue weighted by molar-refractivity contribution is 7.22. The molecular formula is C31H34FN7O3S2. The van der Waals surface area contributed by atoms with Crippen LogP contribution in [0.5, 0.6) is 5.75 Å². The SMILES string of the molecule is Cc1cc(N(C)c2nc(C(=O)O)c(CCCOc3ccc(CCCN(C)C)cc3F)s2)nnc1Nc1nc2ccccc2s1. The summed E-state index contributed by atoms with van der Waals surface area (Å²) in [6, 6.07) is 14.8. The summed E-state index contributed by atoms with van der Waals surface area (Å²) in [4.78, 5) is 25.4. The van der Waals surface area contributed by atoms with E-state index in [2.05, 4.69) is 30.4 Å². The second kappa shape index (κ2) is 14.1. The molecule has 0 unspecified atom stereocenters. The first-order chi connectivity index (χ1) is 21.2. The molecule has 0 aliphatic rings. The largest absolute Gasteiger partial charge is 0.491 e. The number of aromatic carboxylic acids is 1. The summed E-state index contributed by atoms with van der Waals surface area (Å²) in [5.41, 5.74) is 2.68. The summed E-state index contributed by atoms with van der Waals surface area (Å²) < 4.78 is 21.3. The maximum atomic E-state index is 14.6. The third-order valence-electron chi connectivity index (χ3n) is 6.88. The van der Waals surface area contributed by atoms with Gasteiger partial charge in [-0.3, -0.25) is 0 Å². The Hall–Kier alpha value is -4.20. The van der Waals surface area contributed by atoms with Crippen LogP contribution in [0.3, 0.4) is 0 Å². The summed E-state index contributed by atoms with van der Waals surface area (Å²) in [7, 11) is 5.80. The minimum atomic E-state index is -1.11. The van der Waals surface area contributed by atoms with Gasteiger partial charge in [-0.25, -0.2) is 19.2 Å². The van der Waals surface area contributed by atoms with Gasteiger partial charge in [-0.2, -0.15) is 0 Å². The molecule has 10 nitrogen and oxygen atoms in total. The second-order valence-corrected chi connectivity index (χ2v) is 12.7. The molecule has 0 aliphatic carbocycles. The molecular weight excluding hydrogens is 602 g/mol. The first kappa shape index (κ1) is 31.2. The van der Waals surface area contributed by atoms with Crippen LogP contribution in [0.1, 0.15) is 39.3 Å². The molecule has 0 radical (unpaired) electrons. The van der Waals surface area contributed by atoms with Crippen LogP contribution in [-0.4, -0.2) is 70.4 Å². The fourth-order valence-corrected chi connectivity index (χ4v) is 6.46. The number of halogens is 1. The van der Waals surface area contributed by atoms with E-state index in [9.17, 15) is 14.3 Å². The van der Waals surface area contributed by atoms with Crippen molar-refractivity contribution < 1.29 is 19.0 Å². The highest BCUT2D eigenvalue weighted by Gasteiger charge is 2.21. The van der Waals surface area contributed by atoms with E-state index in [1.807, 2.05) is 57.4 Å². The number of carboxylic acid groups (broad SMARTS) is 1. The van der Waals surface area contributed by atoms with E-state index in [4.69, 9.17) is 4.74 Å². The van der Waals surface area contributed by atoms with Gasteiger partial charge in [-0.15, -0.1) is 21.5 Å². The molecule has 5 rings (SSSR count). The number of para-hydroxylation sites is 1. The number of carboxylic acids is 1. The van der Waals surface area contributed by atoms with E-state index < -0.39 is 11.8 Å². The van der Waals surface area contributed by atoms with Crippen molar-refractivity contribution in [2.24, 2.45) is 0 Å². The molecule has 5 aromatic rings. The molecule has 0 amide bonds. The van der Waals surface area contributed by atoms with Crippen LogP contribution < -0.4 is 15.0 Å². The summed E-state index contributed by atoms with van der Waals surface area (Å²) in [5.74, 6) is -0.191. The Morgan fingerprint density at radius 2 is 1.84 bits per heavy atom. The van der Waals surface area contributed by atoms with Crippen molar-refractivity contribution in [1.82, 2.24) is 25.1 Å². The van der Waals surface area contributed by atoms with Crippen molar-refractivity contribution in [2.75, 3.05) is 44.5 Å². The van der Waals surface area contributed by atoms with Gasteiger partial charge in [0.1, 0.15) is 0 Å². The molecule has 0 fully saturated rings. The summed E-state index contributed by atoms with van der Waals surface area (Å²) in [6.45, 7) is 3.10. The molecule has 0 spiro atoms. The number of carbonyl (C=O) groups is 1. The van der Waals surface area contributed by atoms with Gasteiger partial charge in [0.05, 0.1) is 16.8 Å². The molecule has 0 bridgehead atoms.